The molecule has 0 atom stereocenters. The van der Waals surface area contributed by atoms with Crippen LogP contribution in [-0.2, 0) is 9.31 Å². The second-order valence-corrected chi connectivity index (χ2v) is 6.16. The summed E-state index contributed by atoms with van der Waals surface area (Å²) in [5.41, 5.74) is 0.305. The van der Waals surface area contributed by atoms with Crippen LogP contribution in [0.4, 0.5) is 4.79 Å². The number of rotatable bonds is 1. The van der Waals surface area contributed by atoms with Gasteiger partial charge in [0.1, 0.15) is 6.09 Å². The van der Waals surface area contributed by atoms with Gasteiger partial charge in [0.05, 0.1) is 11.2 Å². The molecule has 0 aromatic rings. The Kier molecular flexibility index (Phi) is 3.66. The minimum atomic E-state index is -1.11. The van der Waals surface area contributed by atoms with Crippen molar-refractivity contribution in [2.75, 3.05) is 13.1 Å². The molecule has 0 aliphatic carbocycles. The topological polar surface area (TPSA) is 61.8 Å². The van der Waals surface area contributed by atoms with Gasteiger partial charge in [-0.3, -0.25) is 0 Å². The number of nitrogens with zero attached hydrogens (tertiary/aromatic N) is 1. The summed E-state index contributed by atoms with van der Waals surface area (Å²) in [6.45, 7) is 8.97. The summed E-state index contributed by atoms with van der Waals surface area (Å²) in [4.78, 5) is 12.2. The molecule has 19 heavy (non-hydrogen) atoms. The van der Waals surface area contributed by atoms with E-state index in [9.17, 15) is 9.90 Å². The van der Waals surface area contributed by atoms with Crippen LogP contribution in [0.2, 0.25) is 0 Å². The second kappa shape index (κ2) is 4.83. The monoisotopic (exact) mass is 266 g/mol. The minimum Gasteiger partial charge on any atom is -0.530 e. The van der Waals surface area contributed by atoms with Crippen LogP contribution in [0.1, 0.15) is 40.5 Å². The van der Waals surface area contributed by atoms with Crippen LogP contribution in [0.15, 0.2) is 11.5 Å². The first kappa shape index (κ1) is 14.4. The SMILES string of the molecule is CC1(C)OB(C2=CCCN(C(=O)[O-])CC2)OC1(C)C. The smallest absolute Gasteiger partial charge is 0.490 e. The van der Waals surface area contributed by atoms with Gasteiger partial charge in [0.2, 0.25) is 0 Å². The zero-order valence-corrected chi connectivity index (χ0v) is 12.1. The van der Waals surface area contributed by atoms with Gasteiger partial charge in [-0.25, -0.2) is 0 Å². The largest absolute Gasteiger partial charge is 0.530 e. The third-order valence-corrected chi connectivity index (χ3v) is 4.29. The molecule has 106 valence electrons. The maximum absolute atomic E-state index is 10.9. The predicted octanol–water partition coefficient (Wildman–Crippen LogP) is 0.983. The van der Waals surface area contributed by atoms with Crippen molar-refractivity contribution in [1.82, 2.24) is 4.90 Å². The molecule has 0 aromatic carbocycles. The highest BCUT2D eigenvalue weighted by molar-refractivity contribution is 6.54. The Bertz CT molecular complexity index is 389. The minimum absolute atomic E-state index is 0.362. The van der Waals surface area contributed by atoms with E-state index in [0.29, 0.717) is 25.9 Å². The van der Waals surface area contributed by atoms with E-state index < -0.39 is 6.09 Å². The Morgan fingerprint density at radius 3 is 2.37 bits per heavy atom. The highest BCUT2D eigenvalue weighted by atomic mass is 16.7. The average Bonchev–Trinajstić information content (AvgIpc) is 2.47. The highest BCUT2D eigenvalue weighted by Crippen LogP contribution is 2.39. The number of hydrogen-bond acceptors (Lipinski definition) is 4. The molecule has 0 bridgehead atoms. The van der Waals surface area contributed by atoms with Crippen LogP contribution in [-0.4, -0.2) is 42.4 Å². The normalized spacial score (nSPS) is 26.0. The zero-order valence-electron chi connectivity index (χ0n) is 12.1. The van der Waals surface area contributed by atoms with Crippen molar-refractivity contribution in [3.05, 3.63) is 11.5 Å². The Balaban J connectivity index is 2.05. The summed E-state index contributed by atoms with van der Waals surface area (Å²) >= 11 is 0. The van der Waals surface area contributed by atoms with Crippen LogP contribution in [0.3, 0.4) is 0 Å². The lowest BCUT2D eigenvalue weighted by Gasteiger charge is -2.32. The average molecular weight is 266 g/mol. The summed E-state index contributed by atoms with van der Waals surface area (Å²) < 4.78 is 12.0. The van der Waals surface area contributed by atoms with Gasteiger partial charge in [0.15, 0.2) is 0 Å². The lowest BCUT2D eigenvalue weighted by atomic mass is 9.76. The van der Waals surface area contributed by atoms with Crippen molar-refractivity contribution in [3.63, 3.8) is 0 Å². The molecule has 1 saturated heterocycles. The van der Waals surface area contributed by atoms with Crippen molar-refractivity contribution in [2.45, 2.75) is 51.7 Å². The van der Waals surface area contributed by atoms with Gasteiger partial charge in [0, 0.05) is 13.1 Å². The molecular weight excluding hydrogens is 245 g/mol. The van der Waals surface area contributed by atoms with Crippen molar-refractivity contribution < 1.29 is 19.2 Å². The van der Waals surface area contributed by atoms with Gasteiger partial charge in [-0.2, -0.15) is 0 Å². The maximum Gasteiger partial charge on any atom is 0.490 e. The van der Waals surface area contributed by atoms with Crippen molar-refractivity contribution >= 4 is 13.2 Å². The second-order valence-electron chi connectivity index (χ2n) is 6.16. The molecule has 2 heterocycles. The van der Waals surface area contributed by atoms with E-state index in [2.05, 4.69) is 0 Å². The van der Waals surface area contributed by atoms with Crippen LogP contribution < -0.4 is 5.11 Å². The molecule has 0 aromatic heterocycles. The maximum atomic E-state index is 10.9. The Morgan fingerprint density at radius 1 is 1.26 bits per heavy atom. The van der Waals surface area contributed by atoms with Crippen LogP contribution in [0.25, 0.3) is 0 Å². The molecule has 0 unspecified atom stereocenters. The van der Waals surface area contributed by atoms with E-state index in [1.54, 1.807) is 0 Å². The molecule has 0 saturated carbocycles. The number of carbonyl (C=O) groups excluding carboxylic acids is 1. The van der Waals surface area contributed by atoms with E-state index in [4.69, 9.17) is 9.31 Å². The van der Waals surface area contributed by atoms with Crippen molar-refractivity contribution in [2.24, 2.45) is 0 Å². The third-order valence-electron chi connectivity index (χ3n) is 4.29. The van der Waals surface area contributed by atoms with Crippen LogP contribution >= 0.6 is 0 Å². The van der Waals surface area contributed by atoms with E-state index in [-0.39, 0.29) is 18.3 Å². The van der Waals surface area contributed by atoms with E-state index in [0.717, 1.165) is 5.47 Å². The van der Waals surface area contributed by atoms with E-state index in [1.807, 2.05) is 33.8 Å². The first-order chi connectivity index (χ1) is 8.73. The summed E-state index contributed by atoms with van der Waals surface area (Å²) in [7, 11) is -0.369. The zero-order chi connectivity index (χ0) is 14.3. The predicted molar refractivity (Wildman–Crippen MR) is 70.4 cm³/mol. The Labute approximate surface area is 114 Å². The fourth-order valence-corrected chi connectivity index (χ4v) is 2.27. The molecule has 6 heteroatoms. The molecule has 1 fully saturated rings. The summed E-state index contributed by atoms with van der Waals surface area (Å²) in [6, 6.07) is 0. The quantitative estimate of drug-likeness (QED) is 0.664. The fourth-order valence-electron chi connectivity index (χ4n) is 2.27. The van der Waals surface area contributed by atoms with Crippen molar-refractivity contribution in [3.8, 4) is 0 Å². The molecule has 0 spiro atoms. The molecular formula is C13H21BNO4-. The molecule has 2 aliphatic rings. The molecule has 5 nitrogen and oxygen atoms in total. The fraction of sp³-hybridized carbons (Fsp3) is 0.769. The lowest BCUT2D eigenvalue weighted by molar-refractivity contribution is -0.265. The summed E-state index contributed by atoms with van der Waals surface area (Å²) in [6.07, 6.45) is 2.23. The lowest BCUT2D eigenvalue weighted by Crippen LogP contribution is -2.42. The van der Waals surface area contributed by atoms with Gasteiger partial charge >= 0.3 is 7.12 Å². The van der Waals surface area contributed by atoms with Gasteiger partial charge in [0.25, 0.3) is 0 Å². The van der Waals surface area contributed by atoms with Crippen LogP contribution in [0.5, 0.6) is 0 Å². The van der Waals surface area contributed by atoms with Crippen molar-refractivity contribution in [1.29, 1.82) is 0 Å². The standard InChI is InChI=1S/C13H22BNO4/c1-12(2)13(3,4)19-14(18-12)10-6-5-8-15(9-7-10)11(16)17/h6H,5,7-9H2,1-4H3,(H,16,17)/p-1. The molecule has 0 radical (unpaired) electrons. The Morgan fingerprint density at radius 2 is 1.84 bits per heavy atom. The molecule has 0 N–H and O–H groups in total. The van der Waals surface area contributed by atoms with Crippen LogP contribution in [0, 0.1) is 0 Å². The van der Waals surface area contributed by atoms with Gasteiger partial charge in [-0.15, -0.1) is 0 Å². The highest BCUT2D eigenvalue weighted by Gasteiger charge is 2.52. The van der Waals surface area contributed by atoms with Gasteiger partial charge in [-0.05, 0) is 46.0 Å². The number of amides is 1. The molecule has 2 aliphatic heterocycles. The summed E-state index contributed by atoms with van der Waals surface area (Å²) in [5, 5.41) is 10.9. The number of carbonyl (C=O) groups is 1. The Hall–Kier alpha value is -1.01. The number of carboxylic acid groups (broad SMARTS) is 1. The number of hydrogen-bond donors (Lipinski definition) is 0. The third kappa shape index (κ3) is 2.79. The van der Waals surface area contributed by atoms with E-state index >= 15 is 0 Å². The van der Waals surface area contributed by atoms with E-state index in [1.165, 1.54) is 4.90 Å². The summed E-state index contributed by atoms with van der Waals surface area (Å²) in [5.74, 6) is 0. The van der Waals surface area contributed by atoms with Gasteiger partial charge in [-0.1, -0.05) is 6.08 Å². The van der Waals surface area contributed by atoms with Gasteiger partial charge < -0.3 is 24.1 Å². The molecule has 2 rings (SSSR count). The molecule has 1 amide bonds. The first-order valence-electron chi connectivity index (χ1n) is 6.73. The first-order valence-corrected chi connectivity index (χ1v) is 6.73.